The van der Waals surface area contributed by atoms with Crippen LogP contribution in [0.3, 0.4) is 0 Å². The minimum Gasteiger partial charge on any atom is -0.320 e. The number of carbonyl (C=O) groups excluding carboxylic acids is 1. The molecule has 5 nitrogen and oxygen atoms in total. The van der Waals surface area contributed by atoms with E-state index in [1.807, 2.05) is 24.3 Å². The molecule has 22 heavy (non-hydrogen) atoms. The van der Waals surface area contributed by atoms with E-state index in [2.05, 4.69) is 21.2 Å². The van der Waals surface area contributed by atoms with Gasteiger partial charge in [0.25, 0.3) is 5.69 Å². The van der Waals surface area contributed by atoms with Crippen LogP contribution >= 0.6 is 39.3 Å². The number of nitro groups is 1. The highest BCUT2D eigenvalue weighted by Gasteiger charge is 2.16. The molecule has 2 rings (SSSR count). The molecule has 0 spiro atoms. The first-order valence-electron chi connectivity index (χ1n) is 6.08. The Morgan fingerprint density at radius 1 is 1.27 bits per heavy atom. The second kappa shape index (κ2) is 7.62. The first-order valence-corrected chi connectivity index (χ1v) is 8.23. The molecule has 114 valence electrons. The summed E-state index contributed by atoms with van der Waals surface area (Å²) in [7, 11) is 0. The summed E-state index contributed by atoms with van der Waals surface area (Å²) >= 11 is 10.5. The Labute approximate surface area is 144 Å². The maximum atomic E-state index is 11.9. The van der Waals surface area contributed by atoms with Crippen molar-refractivity contribution in [1.29, 1.82) is 0 Å². The molecule has 0 aliphatic heterocycles. The van der Waals surface area contributed by atoms with Gasteiger partial charge in [-0.2, -0.15) is 0 Å². The molecule has 0 saturated heterocycles. The maximum absolute atomic E-state index is 11.9. The van der Waals surface area contributed by atoms with Crippen LogP contribution < -0.4 is 5.32 Å². The van der Waals surface area contributed by atoms with Crippen molar-refractivity contribution in [2.24, 2.45) is 0 Å². The first kappa shape index (κ1) is 16.8. The topological polar surface area (TPSA) is 72.2 Å². The summed E-state index contributed by atoms with van der Waals surface area (Å²) in [4.78, 5) is 23.2. The van der Waals surface area contributed by atoms with Crippen LogP contribution in [0.1, 0.15) is 0 Å². The fourth-order valence-electron chi connectivity index (χ4n) is 1.63. The number of amides is 1. The maximum Gasteiger partial charge on any atom is 0.292 e. The molecule has 0 aliphatic rings. The van der Waals surface area contributed by atoms with Gasteiger partial charge < -0.3 is 5.32 Å². The molecule has 2 aromatic carbocycles. The lowest BCUT2D eigenvalue weighted by molar-refractivity contribution is -0.383. The second-order valence-corrected chi connectivity index (χ2v) is 6.61. The highest BCUT2D eigenvalue weighted by Crippen LogP contribution is 2.28. The zero-order valence-corrected chi connectivity index (χ0v) is 14.2. The van der Waals surface area contributed by atoms with Crippen LogP contribution in [0.4, 0.5) is 11.4 Å². The Bertz CT molecular complexity index is 710. The normalized spacial score (nSPS) is 10.3. The molecule has 0 heterocycles. The predicted octanol–water partition coefficient (Wildman–Crippen LogP) is 4.74. The number of halogens is 2. The molecule has 1 N–H and O–H groups in total. The van der Waals surface area contributed by atoms with Crippen molar-refractivity contribution in [3.8, 4) is 0 Å². The molecular formula is C14H10BrClN2O3S. The standard InChI is InChI=1S/C14H10BrClN2O3S/c15-9-1-4-11(5-2-9)22-8-14(19)17-12-7-10(16)3-6-13(12)18(20)21/h1-7H,8H2,(H,17,19). The van der Waals surface area contributed by atoms with Crippen LogP contribution in [0, 0.1) is 10.1 Å². The summed E-state index contributed by atoms with van der Waals surface area (Å²) in [5.74, 6) is -0.191. The Morgan fingerprint density at radius 2 is 1.95 bits per heavy atom. The molecule has 0 unspecified atom stereocenters. The lowest BCUT2D eigenvalue weighted by Gasteiger charge is -2.06. The van der Waals surface area contributed by atoms with E-state index in [-0.39, 0.29) is 23.0 Å². The number of benzene rings is 2. The molecule has 0 saturated carbocycles. The Hall–Kier alpha value is -1.57. The number of anilines is 1. The number of carbonyl (C=O) groups is 1. The molecule has 0 atom stereocenters. The van der Waals surface area contributed by atoms with Crippen molar-refractivity contribution in [2.75, 3.05) is 11.1 Å². The zero-order valence-electron chi connectivity index (χ0n) is 11.1. The van der Waals surface area contributed by atoms with Crippen LogP contribution in [-0.4, -0.2) is 16.6 Å². The molecule has 2 aromatic rings. The molecule has 0 aliphatic carbocycles. The lowest BCUT2D eigenvalue weighted by Crippen LogP contribution is -2.15. The van der Waals surface area contributed by atoms with Crippen molar-refractivity contribution in [3.05, 3.63) is 62.1 Å². The van der Waals surface area contributed by atoms with E-state index in [1.54, 1.807) is 0 Å². The van der Waals surface area contributed by atoms with Crippen molar-refractivity contribution in [2.45, 2.75) is 4.90 Å². The van der Waals surface area contributed by atoms with Gasteiger partial charge in [0.15, 0.2) is 0 Å². The van der Waals surface area contributed by atoms with Crippen molar-refractivity contribution >= 4 is 56.6 Å². The highest BCUT2D eigenvalue weighted by atomic mass is 79.9. The summed E-state index contributed by atoms with van der Waals surface area (Å²) < 4.78 is 0.954. The molecule has 0 aromatic heterocycles. The number of hydrogen-bond donors (Lipinski definition) is 1. The predicted molar refractivity (Wildman–Crippen MR) is 91.6 cm³/mol. The average molecular weight is 402 g/mol. The van der Waals surface area contributed by atoms with E-state index in [0.717, 1.165) is 9.37 Å². The van der Waals surface area contributed by atoms with Gasteiger partial charge in [0.1, 0.15) is 5.69 Å². The summed E-state index contributed by atoms with van der Waals surface area (Å²) in [5.41, 5.74) is -0.0923. The van der Waals surface area contributed by atoms with Gasteiger partial charge in [-0.1, -0.05) is 27.5 Å². The molecule has 0 bridgehead atoms. The number of nitrogens with one attached hydrogen (secondary N) is 1. The van der Waals surface area contributed by atoms with Gasteiger partial charge in [-0.05, 0) is 36.4 Å². The van der Waals surface area contributed by atoms with Crippen molar-refractivity contribution in [3.63, 3.8) is 0 Å². The fourth-order valence-corrected chi connectivity index (χ4v) is 2.77. The van der Waals surface area contributed by atoms with Gasteiger partial charge in [0.2, 0.25) is 5.91 Å². The van der Waals surface area contributed by atoms with Gasteiger partial charge in [0.05, 0.1) is 10.7 Å². The van der Waals surface area contributed by atoms with E-state index in [1.165, 1.54) is 30.0 Å². The van der Waals surface area contributed by atoms with Crippen molar-refractivity contribution < 1.29 is 9.72 Å². The Kier molecular flexibility index (Phi) is 5.82. The number of hydrogen-bond acceptors (Lipinski definition) is 4. The fraction of sp³-hybridized carbons (Fsp3) is 0.0714. The van der Waals surface area contributed by atoms with Crippen LogP contribution in [0.2, 0.25) is 5.02 Å². The average Bonchev–Trinajstić information content (AvgIpc) is 2.46. The first-order chi connectivity index (χ1) is 10.5. The molecule has 1 amide bonds. The molecule has 0 fully saturated rings. The van der Waals surface area contributed by atoms with Crippen LogP contribution in [-0.2, 0) is 4.79 Å². The van der Waals surface area contributed by atoms with E-state index in [9.17, 15) is 14.9 Å². The molecular weight excluding hydrogens is 392 g/mol. The monoisotopic (exact) mass is 400 g/mol. The third kappa shape index (κ3) is 4.72. The third-order valence-corrected chi connectivity index (χ3v) is 4.39. The van der Waals surface area contributed by atoms with E-state index in [4.69, 9.17) is 11.6 Å². The largest absolute Gasteiger partial charge is 0.320 e. The molecule has 8 heteroatoms. The lowest BCUT2D eigenvalue weighted by atomic mass is 10.2. The second-order valence-electron chi connectivity index (χ2n) is 4.21. The third-order valence-electron chi connectivity index (χ3n) is 2.61. The SMILES string of the molecule is O=C(CSc1ccc(Br)cc1)Nc1cc(Cl)ccc1[N+](=O)[O-]. The van der Waals surface area contributed by atoms with Crippen LogP contribution in [0.25, 0.3) is 0 Å². The van der Waals surface area contributed by atoms with Gasteiger partial charge in [-0.25, -0.2) is 0 Å². The number of nitrogens with zero attached hydrogens (tertiary/aromatic N) is 1. The summed E-state index contributed by atoms with van der Waals surface area (Å²) in [5, 5.41) is 13.8. The highest BCUT2D eigenvalue weighted by molar-refractivity contribution is 9.10. The minimum atomic E-state index is -0.562. The zero-order chi connectivity index (χ0) is 16.1. The van der Waals surface area contributed by atoms with Gasteiger partial charge in [0, 0.05) is 20.5 Å². The summed E-state index contributed by atoms with van der Waals surface area (Å²) in [6.45, 7) is 0. The number of nitro benzene ring substituents is 1. The van der Waals surface area contributed by atoms with E-state index < -0.39 is 4.92 Å². The quantitative estimate of drug-likeness (QED) is 0.446. The van der Waals surface area contributed by atoms with Crippen LogP contribution in [0.5, 0.6) is 0 Å². The van der Waals surface area contributed by atoms with Crippen LogP contribution in [0.15, 0.2) is 51.8 Å². The summed E-state index contributed by atoms with van der Waals surface area (Å²) in [6.07, 6.45) is 0. The van der Waals surface area contributed by atoms with Gasteiger partial charge in [-0.3, -0.25) is 14.9 Å². The van der Waals surface area contributed by atoms with Gasteiger partial charge in [-0.15, -0.1) is 11.8 Å². The molecule has 0 radical (unpaired) electrons. The smallest absolute Gasteiger partial charge is 0.292 e. The Morgan fingerprint density at radius 3 is 2.59 bits per heavy atom. The van der Waals surface area contributed by atoms with E-state index >= 15 is 0 Å². The van der Waals surface area contributed by atoms with E-state index in [0.29, 0.717) is 5.02 Å². The van der Waals surface area contributed by atoms with Crippen molar-refractivity contribution in [1.82, 2.24) is 0 Å². The summed E-state index contributed by atoms with van der Waals surface area (Å²) in [6, 6.07) is 11.5. The number of thioether (sulfide) groups is 1. The number of rotatable bonds is 5. The Balaban J connectivity index is 2.01. The van der Waals surface area contributed by atoms with Gasteiger partial charge >= 0.3 is 0 Å². The minimum absolute atomic E-state index is 0.0962.